The summed E-state index contributed by atoms with van der Waals surface area (Å²) in [4.78, 5) is 38.2. The third-order valence-electron chi connectivity index (χ3n) is 13.4. The fourth-order valence-corrected chi connectivity index (χ4v) is 8.75. The second-order valence-electron chi connectivity index (χ2n) is 20.6. The van der Waals surface area contributed by atoms with Gasteiger partial charge in [0.25, 0.3) is 0 Å². The first-order valence-electron chi connectivity index (χ1n) is 30.9. The van der Waals surface area contributed by atoms with E-state index >= 15 is 0 Å². The highest BCUT2D eigenvalue weighted by molar-refractivity contribution is 5.71. The average molecular weight is 1010 g/mol. The van der Waals surface area contributed by atoms with E-state index in [4.69, 9.17) is 14.2 Å². The maximum Gasteiger partial charge on any atom is 0.306 e. The number of hydrogen-bond donors (Lipinski definition) is 0. The van der Waals surface area contributed by atoms with E-state index in [1.165, 1.54) is 167 Å². The lowest BCUT2D eigenvalue weighted by atomic mass is 10.0. The Hall–Kier alpha value is -3.15. The summed E-state index contributed by atoms with van der Waals surface area (Å²) in [5, 5.41) is 0. The fourth-order valence-electron chi connectivity index (χ4n) is 8.75. The molecule has 0 bridgehead atoms. The molecule has 0 N–H and O–H groups in total. The smallest absolute Gasteiger partial charge is 0.306 e. The molecule has 0 radical (unpaired) electrons. The van der Waals surface area contributed by atoms with Crippen molar-refractivity contribution in [3.05, 3.63) is 72.9 Å². The normalized spacial score (nSPS) is 12.5. The zero-order valence-electron chi connectivity index (χ0n) is 47.7. The van der Waals surface area contributed by atoms with Gasteiger partial charge < -0.3 is 14.2 Å². The molecule has 0 spiro atoms. The van der Waals surface area contributed by atoms with Gasteiger partial charge in [0.1, 0.15) is 13.2 Å². The van der Waals surface area contributed by atoms with Gasteiger partial charge in [-0.25, -0.2) is 0 Å². The average Bonchev–Trinajstić information content (AvgIpc) is 3.38. The van der Waals surface area contributed by atoms with E-state index in [2.05, 4.69) is 93.7 Å². The first-order valence-corrected chi connectivity index (χ1v) is 30.9. The molecule has 72 heavy (non-hydrogen) atoms. The molecule has 0 fully saturated rings. The number of carbonyl (C=O) groups excluding carboxylic acids is 3. The Morgan fingerprint density at radius 1 is 0.278 bits per heavy atom. The molecule has 0 aromatic carbocycles. The summed E-state index contributed by atoms with van der Waals surface area (Å²) in [7, 11) is 0. The molecule has 1 unspecified atom stereocenters. The summed E-state index contributed by atoms with van der Waals surface area (Å²) in [6.07, 6.45) is 77.5. The van der Waals surface area contributed by atoms with Crippen molar-refractivity contribution in [2.75, 3.05) is 13.2 Å². The Kier molecular flexibility index (Phi) is 57.8. The number of hydrogen-bond acceptors (Lipinski definition) is 6. The molecular weight excluding hydrogens is 889 g/mol. The van der Waals surface area contributed by atoms with Crippen LogP contribution in [0.4, 0.5) is 0 Å². The van der Waals surface area contributed by atoms with Gasteiger partial charge in [-0.2, -0.15) is 0 Å². The van der Waals surface area contributed by atoms with Gasteiger partial charge in [-0.15, -0.1) is 0 Å². The van der Waals surface area contributed by atoms with Crippen LogP contribution in [0.3, 0.4) is 0 Å². The summed E-state index contributed by atoms with van der Waals surface area (Å²) in [5.41, 5.74) is 0. The molecule has 0 aliphatic carbocycles. The number of ether oxygens (including phenoxy) is 3. The van der Waals surface area contributed by atoms with E-state index in [0.717, 1.165) is 103 Å². The van der Waals surface area contributed by atoms with Crippen LogP contribution in [0.25, 0.3) is 0 Å². The van der Waals surface area contributed by atoms with Crippen molar-refractivity contribution in [2.45, 2.75) is 316 Å². The van der Waals surface area contributed by atoms with Gasteiger partial charge in [0, 0.05) is 19.3 Å². The second-order valence-corrected chi connectivity index (χ2v) is 20.6. The minimum absolute atomic E-state index is 0.0809. The molecule has 1 atom stereocenters. The van der Waals surface area contributed by atoms with E-state index in [-0.39, 0.29) is 31.1 Å². The molecule has 0 heterocycles. The maximum atomic E-state index is 12.9. The van der Waals surface area contributed by atoms with Crippen LogP contribution in [-0.4, -0.2) is 37.2 Å². The van der Waals surface area contributed by atoms with Crippen molar-refractivity contribution in [3.8, 4) is 0 Å². The molecule has 6 heteroatoms. The third kappa shape index (κ3) is 57.7. The Morgan fingerprint density at radius 2 is 0.500 bits per heavy atom. The molecule has 0 aliphatic rings. The van der Waals surface area contributed by atoms with E-state index < -0.39 is 6.10 Å². The predicted molar refractivity (Wildman–Crippen MR) is 311 cm³/mol. The molecule has 0 saturated carbocycles. The van der Waals surface area contributed by atoms with Crippen molar-refractivity contribution in [1.82, 2.24) is 0 Å². The van der Waals surface area contributed by atoms with Crippen LogP contribution in [0.1, 0.15) is 310 Å². The van der Waals surface area contributed by atoms with E-state index in [1.807, 2.05) is 0 Å². The van der Waals surface area contributed by atoms with E-state index in [9.17, 15) is 14.4 Å². The van der Waals surface area contributed by atoms with Gasteiger partial charge in [-0.1, -0.05) is 267 Å². The SMILES string of the molecule is CCCCC/C=C\C/C=C\C/C=C\CCCCCCCCC(=O)OC(COC(=O)CCCCCCCCCC/C=C\C/C=C\C/C=C\CCCCCCC)COC(=O)CCCCCCCCCCCCCC. The summed E-state index contributed by atoms with van der Waals surface area (Å²) < 4.78 is 16.9. The van der Waals surface area contributed by atoms with Gasteiger partial charge >= 0.3 is 17.9 Å². The van der Waals surface area contributed by atoms with Crippen LogP contribution in [0.5, 0.6) is 0 Å². The highest BCUT2D eigenvalue weighted by Gasteiger charge is 2.19. The van der Waals surface area contributed by atoms with Crippen LogP contribution in [0.2, 0.25) is 0 Å². The minimum Gasteiger partial charge on any atom is -0.462 e. The standard InChI is InChI=1S/C66H116O6/c1-4-7-10-13-16-19-22-25-27-29-31-32-33-34-36-37-39-41-44-47-50-53-56-59-65(68)71-62-63(61-70-64(67)58-55-52-49-46-43-24-21-18-15-12-9-6-3)72-66(69)60-57-54-51-48-45-42-40-38-35-30-28-26-23-20-17-14-11-8-5-2/h17,20,22,25-26,28-29,31,33-35,38,63H,4-16,18-19,21,23-24,27,30,32,36-37,39-62H2,1-3H3/b20-17-,25-22-,28-26-,31-29-,34-33-,38-35-. The molecule has 0 aromatic heterocycles. The summed E-state index contributed by atoms with van der Waals surface area (Å²) >= 11 is 0. The van der Waals surface area contributed by atoms with Crippen LogP contribution >= 0.6 is 0 Å². The summed E-state index contributed by atoms with van der Waals surface area (Å²) in [6.45, 7) is 6.61. The second kappa shape index (κ2) is 60.4. The van der Waals surface area contributed by atoms with Crippen molar-refractivity contribution in [3.63, 3.8) is 0 Å². The number of esters is 3. The highest BCUT2D eigenvalue weighted by Crippen LogP contribution is 2.16. The number of allylic oxidation sites excluding steroid dienone is 12. The predicted octanol–water partition coefficient (Wildman–Crippen LogP) is 20.9. The molecule has 0 rings (SSSR count). The van der Waals surface area contributed by atoms with Crippen LogP contribution in [0.15, 0.2) is 72.9 Å². The lowest BCUT2D eigenvalue weighted by molar-refractivity contribution is -0.167. The van der Waals surface area contributed by atoms with Crippen molar-refractivity contribution >= 4 is 17.9 Å². The zero-order chi connectivity index (χ0) is 52.2. The quantitative estimate of drug-likeness (QED) is 0.0261. The maximum absolute atomic E-state index is 12.9. The number of rotatable bonds is 56. The Balaban J connectivity index is 4.35. The lowest BCUT2D eigenvalue weighted by Crippen LogP contribution is -2.30. The Bertz CT molecular complexity index is 1340. The van der Waals surface area contributed by atoms with Crippen molar-refractivity contribution < 1.29 is 28.6 Å². The van der Waals surface area contributed by atoms with Crippen molar-refractivity contribution in [1.29, 1.82) is 0 Å². The monoisotopic (exact) mass is 1000 g/mol. The van der Waals surface area contributed by atoms with Crippen LogP contribution in [-0.2, 0) is 28.6 Å². The van der Waals surface area contributed by atoms with Crippen LogP contribution in [0, 0.1) is 0 Å². The van der Waals surface area contributed by atoms with Crippen molar-refractivity contribution in [2.24, 2.45) is 0 Å². The van der Waals surface area contributed by atoms with Gasteiger partial charge in [0.05, 0.1) is 0 Å². The zero-order valence-corrected chi connectivity index (χ0v) is 47.7. The summed E-state index contributed by atoms with van der Waals surface area (Å²) in [6, 6.07) is 0. The molecule has 0 saturated heterocycles. The topological polar surface area (TPSA) is 78.9 Å². The van der Waals surface area contributed by atoms with E-state index in [0.29, 0.717) is 19.3 Å². The number of unbranched alkanes of at least 4 members (excludes halogenated alkanes) is 33. The molecule has 0 aromatic rings. The molecule has 416 valence electrons. The Morgan fingerprint density at radius 3 is 0.806 bits per heavy atom. The Labute approximate surface area is 446 Å². The largest absolute Gasteiger partial charge is 0.462 e. The molecule has 0 aliphatic heterocycles. The fraction of sp³-hybridized carbons (Fsp3) is 0.773. The van der Waals surface area contributed by atoms with Gasteiger partial charge in [0.2, 0.25) is 0 Å². The molecule has 0 amide bonds. The molecule has 6 nitrogen and oxygen atoms in total. The first kappa shape index (κ1) is 68.8. The van der Waals surface area contributed by atoms with Gasteiger partial charge in [0.15, 0.2) is 6.10 Å². The number of carbonyl (C=O) groups is 3. The van der Waals surface area contributed by atoms with Gasteiger partial charge in [-0.05, 0) is 96.3 Å². The molecular formula is C66H116O6. The lowest BCUT2D eigenvalue weighted by Gasteiger charge is -2.18. The summed E-state index contributed by atoms with van der Waals surface area (Å²) in [5.74, 6) is -0.889. The first-order chi connectivity index (χ1) is 35.5. The van der Waals surface area contributed by atoms with E-state index in [1.54, 1.807) is 0 Å². The highest BCUT2D eigenvalue weighted by atomic mass is 16.6. The third-order valence-corrected chi connectivity index (χ3v) is 13.4. The van der Waals surface area contributed by atoms with Crippen LogP contribution < -0.4 is 0 Å². The van der Waals surface area contributed by atoms with Gasteiger partial charge in [-0.3, -0.25) is 14.4 Å². The minimum atomic E-state index is -0.785.